The molecule has 2 fully saturated rings. The first kappa shape index (κ1) is 20.4. The Morgan fingerprint density at radius 2 is 1.54 bits per heavy atom. The summed E-state index contributed by atoms with van der Waals surface area (Å²) in [6.07, 6.45) is 21.3. The first-order valence-corrected chi connectivity index (χ1v) is 12.5. The highest BCUT2D eigenvalue weighted by Crippen LogP contribution is 2.49. The number of aryl methyl sites for hydroxylation is 1. The zero-order valence-electron chi connectivity index (χ0n) is 18.1. The number of hydrogen-bond donors (Lipinski definition) is 0. The highest BCUT2D eigenvalue weighted by molar-refractivity contribution is 5.30. The van der Waals surface area contributed by atoms with Gasteiger partial charge in [-0.15, -0.1) is 0 Å². The fourth-order valence-corrected chi connectivity index (χ4v) is 6.90. The third-order valence-corrected chi connectivity index (χ3v) is 8.58. The lowest BCUT2D eigenvalue weighted by Gasteiger charge is -2.45. The Morgan fingerprint density at radius 3 is 2.39 bits per heavy atom. The van der Waals surface area contributed by atoms with Gasteiger partial charge in [-0.3, -0.25) is 0 Å². The van der Waals surface area contributed by atoms with Gasteiger partial charge in [0.05, 0.1) is 0 Å². The molecule has 0 aromatic heterocycles. The number of rotatable bonds is 7. The molecule has 3 aliphatic rings. The third-order valence-electron chi connectivity index (χ3n) is 8.58. The number of halogens is 1. The molecule has 1 aromatic rings. The molecule has 5 atom stereocenters. The van der Waals surface area contributed by atoms with Gasteiger partial charge in [-0.25, -0.2) is 4.39 Å². The second-order valence-electron chi connectivity index (χ2n) is 10.4. The van der Waals surface area contributed by atoms with Crippen molar-refractivity contribution in [3.63, 3.8) is 0 Å². The second kappa shape index (κ2) is 9.77. The Labute approximate surface area is 172 Å². The monoisotopic (exact) mass is 384 g/mol. The first-order valence-electron chi connectivity index (χ1n) is 12.5. The predicted molar refractivity (Wildman–Crippen MR) is 117 cm³/mol. The van der Waals surface area contributed by atoms with E-state index in [0.29, 0.717) is 0 Å². The van der Waals surface area contributed by atoms with Crippen molar-refractivity contribution in [1.29, 1.82) is 0 Å². The Bertz CT molecular complexity index is 621. The fourth-order valence-electron chi connectivity index (χ4n) is 6.90. The molecule has 1 heteroatoms. The van der Waals surface area contributed by atoms with Crippen LogP contribution in [-0.4, -0.2) is 0 Å². The highest BCUT2D eigenvalue weighted by Gasteiger charge is 2.38. The largest absolute Gasteiger partial charge is 0.207 e. The van der Waals surface area contributed by atoms with Crippen molar-refractivity contribution in [3.8, 4) is 0 Å². The summed E-state index contributed by atoms with van der Waals surface area (Å²) in [6.45, 7) is 2.31. The van der Waals surface area contributed by atoms with Crippen LogP contribution in [0.5, 0.6) is 0 Å². The summed E-state index contributed by atoms with van der Waals surface area (Å²) in [6, 6.07) is 5.52. The van der Waals surface area contributed by atoms with Gasteiger partial charge in [0.15, 0.2) is 0 Å². The van der Waals surface area contributed by atoms with Crippen molar-refractivity contribution in [1.82, 2.24) is 0 Å². The van der Waals surface area contributed by atoms with Crippen LogP contribution < -0.4 is 0 Å². The van der Waals surface area contributed by atoms with Gasteiger partial charge in [-0.05, 0) is 104 Å². The van der Waals surface area contributed by atoms with E-state index in [0.717, 1.165) is 36.0 Å². The summed E-state index contributed by atoms with van der Waals surface area (Å²) in [5.41, 5.74) is 2.72. The molecular formula is C27H41F. The Balaban J connectivity index is 1.24. The van der Waals surface area contributed by atoms with E-state index in [2.05, 4.69) is 13.0 Å². The lowest BCUT2D eigenvalue weighted by molar-refractivity contribution is 0.0689. The molecule has 0 aliphatic heterocycles. The van der Waals surface area contributed by atoms with Crippen LogP contribution in [0.1, 0.15) is 102 Å². The molecular weight excluding hydrogens is 343 g/mol. The van der Waals surface area contributed by atoms with Gasteiger partial charge in [0, 0.05) is 0 Å². The summed E-state index contributed by atoms with van der Waals surface area (Å²) in [7, 11) is 0. The molecule has 5 unspecified atom stereocenters. The lowest BCUT2D eigenvalue weighted by Crippen LogP contribution is -2.35. The second-order valence-corrected chi connectivity index (χ2v) is 10.4. The van der Waals surface area contributed by atoms with Crippen LogP contribution in [0.4, 0.5) is 4.39 Å². The molecule has 0 nitrogen and oxygen atoms in total. The maximum Gasteiger partial charge on any atom is 0.123 e. The van der Waals surface area contributed by atoms with Gasteiger partial charge in [0.2, 0.25) is 0 Å². The average molecular weight is 385 g/mol. The SMILES string of the molecule is CCCCCCCC1CCC2CC(C3CCc4cc(F)ccc4C3)CCC2C1. The van der Waals surface area contributed by atoms with E-state index in [1.807, 2.05) is 0 Å². The van der Waals surface area contributed by atoms with Gasteiger partial charge in [0.25, 0.3) is 0 Å². The molecule has 28 heavy (non-hydrogen) atoms. The number of unbranched alkanes of at least 4 members (excludes halogenated alkanes) is 4. The minimum Gasteiger partial charge on any atom is -0.207 e. The van der Waals surface area contributed by atoms with E-state index >= 15 is 0 Å². The van der Waals surface area contributed by atoms with E-state index < -0.39 is 0 Å². The molecule has 0 heterocycles. The maximum absolute atomic E-state index is 13.5. The van der Waals surface area contributed by atoms with Crippen LogP contribution in [0, 0.1) is 35.4 Å². The summed E-state index contributed by atoms with van der Waals surface area (Å²) >= 11 is 0. The average Bonchev–Trinajstić information content (AvgIpc) is 2.73. The van der Waals surface area contributed by atoms with Crippen molar-refractivity contribution >= 4 is 0 Å². The molecule has 0 radical (unpaired) electrons. The van der Waals surface area contributed by atoms with Crippen molar-refractivity contribution in [3.05, 3.63) is 35.1 Å². The third kappa shape index (κ3) is 5.00. The molecule has 1 aromatic carbocycles. The first-order chi connectivity index (χ1) is 13.7. The van der Waals surface area contributed by atoms with E-state index in [1.165, 1.54) is 101 Å². The number of hydrogen-bond acceptors (Lipinski definition) is 0. The van der Waals surface area contributed by atoms with Gasteiger partial charge in [-0.2, -0.15) is 0 Å². The van der Waals surface area contributed by atoms with Crippen LogP contribution in [0.3, 0.4) is 0 Å². The standard InChI is InChI=1S/C27H41F/c1-2-3-4-5-6-7-20-8-9-22-17-23(11-10-21(22)16-20)24-12-13-26-19-27(28)15-14-25(26)18-24/h14-15,19-24H,2-13,16-18H2,1H3. The van der Waals surface area contributed by atoms with Gasteiger partial charge in [0.1, 0.15) is 5.82 Å². The quantitative estimate of drug-likeness (QED) is 0.416. The van der Waals surface area contributed by atoms with E-state index in [-0.39, 0.29) is 5.82 Å². The Kier molecular flexibility index (Phi) is 7.13. The van der Waals surface area contributed by atoms with Crippen molar-refractivity contribution in [2.75, 3.05) is 0 Å². The molecule has 156 valence electrons. The highest BCUT2D eigenvalue weighted by atomic mass is 19.1. The van der Waals surface area contributed by atoms with Gasteiger partial charge < -0.3 is 0 Å². The summed E-state index contributed by atoms with van der Waals surface area (Å²) < 4.78 is 13.5. The fraction of sp³-hybridized carbons (Fsp3) is 0.778. The zero-order chi connectivity index (χ0) is 19.3. The van der Waals surface area contributed by atoms with Gasteiger partial charge >= 0.3 is 0 Å². The minimum absolute atomic E-state index is 0.0557. The molecule has 0 spiro atoms. The zero-order valence-corrected chi connectivity index (χ0v) is 18.1. The summed E-state index contributed by atoms with van der Waals surface area (Å²) in [5, 5.41) is 0. The molecule has 3 aliphatic carbocycles. The minimum atomic E-state index is -0.0557. The van der Waals surface area contributed by atoms with E-state index in [4.69, 9.17) is 0 Å². The molecule has 0 N–H and O–H groups in total. The van der Waals surface area contributed by atoms with Crippen molar-refractivity contribution < 1.29 is 4.39 Å². The van der Waals surface area contributed by atoms with Crippen LogP contribution in [0.15, 0.2) is 18.2 Å². The molecule has 0 amide bonds. The molecule has 0 saturated heterocycles. The van der Waals surface area contributed by atoms with Crippen LogP contribution in [0.25, 0.3) is 0 Å². The smallest absolute Gasteiger partial charge is 0.123 e. The topological polar surface area (TPSA) is 0 Å². The van der Waals surface area contributed by atoms with Crippen LogP contribution in [-0.2, 0) is 12.8 Å². The normalized spacial score (nSPS) is 32.6. The molecule has 0 bridgehead atoms. The van der Waals surface area contributed by atoms with Crippen LogP contribution >= 0.6 is 0 Å². The van der Waals surface area contributed by atoms with E-state index in [1.54, 1.807) is 12.1 Å². The van der Waals surface area contributed by atoms with Crippen molar-refractivity contribution in [2.24, 2.45) is 29.6 Å². The lowest BCUT2D eigenvalue weighted by atomic mass is 9.61. The van der Waals surface area contributed by atoms with Gasteiger partial charge in [-0.1, -0.05) is 57.9 Å². The van der Waals surface area contributed by atoms with Crippen LogP contribution in [0.2, 0.25) is 0 Å². The van der Waals surface area contributed by atoms with E-state index in [9.17, 15) is 4.39 Å². The molecule has 2 saturated carbocycles. The number of fused-ring (bicyclic) bond motifs is 2. The predicted octanol–water partition coefficient (Wildman–Crippen LogP) is 8.12. The summed E-state index contributed by atoms with van der Waals surface area (Å²) in [5.74, 6) is 4.83. The van der Waals surface area contributed by atoms with Crippen molar-refractivity contribution in [2.45, 2.75) is 103 Å². The number of benzene rings is 1. The summed E-state index contributed by atoms with van der Waals surface area (Å²) in [4.78, 5) is 0. The Hall–Kier alpha value is -0.850. The Morgan fingerprint density at radius 1 is 0.786 bits per heavy atom. The molecule has 4 rings (SSSR count). The maximum atomic E-state index is 13.5.